The fourth-order valence-corrected chi connectivity index (χ4v) is 4.61. The van der Waals surface area contributed by atoms with Gasteiger partial charge in [-0.15, -0.1) is 5.10 Å². The molecule has 1 N–H and O–H groups in total. The first-order valence-corrected chi connectivity index (χ1v) is 9.34. The minimum absolute atomic E-state index is 0.0957. The zero-order chi connectivity index (χ0) is 18.3. The van der Waals surface area contributed by atoms with Crippen LogP contribution in [0.25, 0.3) is 4.96 Å². The standard InChI is InChI=1S/C18H20N4O3S/c1-11-19-18-22(20-11)17(24)16(26-18)15(21-9-7-12(23)8-10-21)13-5-3-4-6-14(13)25-2/h3-6,15,24H,7-10H2,1-2H3. The number of nitrogens with zero attached hydrogens (tertiary/aromatic N) is 4. The van der Waals surface area contributed by atoms with E-state index in [0.717, 1.165) is 16.2 Å². The van der Waals surface area contributed by atoms with Crippen LogP contribution in [0.15, 0.2) is 24.3 Å². The third-order valence-electron chi connectivity index (χ3n) is 4.71. The van der Waals surface area contributed by atoms with Gasteiger partial charge in [0.15, 0.2) is 0 Å². The summed E-state index contributed by atoms with van der Waals surface area (Å²) in [6, 6.07) is 7.58. The molecule has 0 saturated carbocycles. The van der Waals surface area contributed by atoms with Gasteiger partial charge in [0.1, 0.15) is 17.4 Å². The highest BCUT2D eigenvalue weighted by molar-refractivity contribution is 7.17. The van der Waals surface area contributed by atoms with E-state index in [1.807, 2.05) is 24.3 Å². The van der Waals surface area contributed by atoms with Crippen LogP contribution in [0.2, 0.25) is 0 Å². The third kappa shape index (κ3) is 2.85. The Morgan fingerprint density at radius 1 is 1.27 bits per heavy atom. The number of thiazole rings is 1. The number of methoxy groups -OCH3 is 1. The molecule has 0 aliphatic carbocycles. The maximum absolute atomic E-state index is 11.7. The summed E-state index contributed by atoms with van der Waals surface area (Å²) in [5, 5.41) is 15.1. The molecule has 1 unspecified atom stereocenters. The maximum atomic E-state index is 11.7. The summed E-state index contributed by atoms with van der Waals surface area (Å²) in [7, 11) is 1.64. The van der Waals surface area contributed by atoms with E-state index in [2.05, 4.69) is 15.0 Å². The molecule has 0 radical (unpaired) electrons. The number of rotatable bonds is 4. The molecular formula is C18H20N4O3S. The van der Waals surface area contributed by atoms with E-state index in [1.165, 1.54) is 15.9 Å². The van der Waals surface area contributed by atoms with Crippen LogP contribution < -0.4 is 4.74 Å². The summed E-state index contributed by atoms with van der Waals surface area (Å²) in [6.45, 7) is 3.09. The number of aromatic hydroxyl groups is 1. The molecule has 1 aliphatic heterocycles. The molecule has 3 heterocycles. The molecule has 8 heteroatoms. The van der Waals surface area contributed by atoms with Gasteiger partial charge in [0, 0.05) is 31.5 Å². The van der Waals surface area contributed by atoms with E-state index >= 15 is 0 Å². The summed E-state index contributed by atoms with van der Waals surface area (Å²) in [5.41, 5.74) is 0.959. The summed E-state index contributed by atoms with van der Waals surface area (Å²) in [4.78, 5) is 19.7. The van der Waals surface area contributed by atoms with Crippen molar-refractivity contribution in [3.63, 3.8) is 0 Å². The van der Waals surface area contributed by atoms with E-state index in [9.17, 15) is 9.90 Å². The predicted molar refractivity (Wildman–Crippen MR) is 97.9 cm³/mol. The van der Waals surface area contributed by atoms with Gasteiger partial charge in [0.25, 0.3) is 0 Å². The van der Waals surface area contributed by atoms with Gasteiger partial charge in [-0.25, -0.2) is 4.98 Å². The quantitative estimate of drug-likeness (QED) is 0.758. The Morgan fingerprint density at radius 2 is 2.00 bits per heavy atom. The van der Waals surface area contributed by atoms with Crippen LogP contribution in [-0.4, -0.2) is 50.6 Å². The average molecular weight is 372 g/mol. The number of likely N-dealkylation sites (tertiary alicyclic amines) is 1. The first-order chi connectivity index (χ1) is 12.6. The van der Waals surface area contributed by atoms with E-state index < -0.39 is 0 Å². The second-order valence-electron chi connectivity index (χ2n) is 6.36. The smallest absolute Gasteiger partial charge is 0.230 e. The van der Waals surface area contributed by atoms with Gasteiger partial charge < -0.3 is 9.84 Å². The first kappa shape index (κ1) is 17.0. The second kappa shape index (κ2) is 6.69. The molecule has 0 amide bonds. The van der Waals surface area contributed by atoms with Crippen LogP contribution in [-0.2, 0) is 4.79 Å². The molecule has 1 atom stereocenters. The lowest BCUT2D eigenvalue weighted by molar-refractivity contribution is -0.121. The lowest BCUT2D eigenvalue weighted by Crippen LogP contribution is -2.37. The van der Waals surface area contributed by atoms with Crippen molar-refractivity contribution in [1.29, 1.82) is 0 Å². The molecule has 26 heavy (non-hydrogen) atoms. The number of fused-ring (bicyclic) bond motifs is 1. The van der Waals surface area contributed by atoms with Crippen LogP contribution in [0, 0.1) is 6.92 Å². The highest BCUT2D eigenvalue weighted by atomic mass is 32.1. The first-order valence-electron chi connectivity index (χ1n) is 8.52. The molecule has 1 fully saturated rings. The van der Waals surface area contributed by atoms with E-state index in [4.69, 9.17) is 4.74 Å². The Morgan fingerprint density at radius 3 is 2.69 bits per heavy atom. The Hall–Kier alpha value is -2.45. The van der Waals surface area contributed by atoms with Crippen LogP contribution in [0.5, 0.6) is 11.6 Å². The molecule has 7 nitrogen and oxygen atoms in total. The number of carbonyl (C=O) groups excluding carboxylic acids is 1. The highest BCUT2D eigenvalue weighted by Gasteiger charge is 2.33. The van der Waals surface area contributed by atoms with Gasteiger partial charge in [-0.3, -0.25) is 9.69 Å². The van der Waals surface area contributed by atoms with Crippen molar-refractivity contribution in [2.24, 2.45) is 0 Å². The number of Topliss-reactive ketones (excluding diaryl/α,β-unsaturated/α-hetero) is 1. The summed E-state index contributed by atoms with van der Waals surface area (Å²) in [6.07, 6.45) is 1.04. The van der Waals surface area contributed by atoms with Gasteiger partial charge in [-0.2, -0.15) is 4.52 Å². The molecule has 1 saturated heterocycles. The molecule has 1 aromatic carbocycles. The number of benzene rings is 1. The number of piperidine rings is 1. The number of aromatic nitrogens is 3. The monoisotopic (exact) mass is 372 g/mol. The Labute approximate surface area is 154 Å². The van der Waals surface area contributed by atoms with Crippen molar-refractivity contribution < 1.29 is 14.6 Å². The summed E-state index contributed by atoms with van der Waals surface area (Å²) < 4.78 is 7.04. The van der Waals surface area contributed by atoms with Crippen LogP contribution in [0.3, 0.4) is 0 Å². The zero-order valence-corrected chi connectivity index (χ0v) is 15.5. The highest BCUT2D eigenvalue weighted by Crippen LogP contribution is 2.43. The van der Waals surface area contributed by atoms with E-state index in [1.54, 1.807) is 14.0 Å². The number of hydrogen-bond acceptors (Lipinski definition) is 7. The zero-order valence-electron chi connectivity index (χ0n) is 14.7. The SMILES string of the molecule is COc1ccccc1C(c1sc2nc(C)nn2c1O)N1CCC(=O)CC1. The Bertz CT molecular complexity index is 955. The van der Waals surface area contributed by atoms with Gasteiger partial charge in [-0.1, -0.05) is 29.5 Å². The van der Waals surface area contributed by atoms with Gasteiger partial charge in [-0.05, 0) is 13.0 Å². The second-order valence-corrected chi connectivity index (χ2v) is 7.37. The third-order valence-corrected chi connectivity index (χ3v) is 5.78. The molecule has 0 spiro atoms. The van der Waals surface area contributed by atoms with Crippen molar-refractivity contribution >= 4 is 22.1 Å². The Balaban J connectivity index is 1.85. The van der Waals surface area contributed by atoms with Gasteiger partial charge in [0.05, 0.1) is 18.0 Å². The van der Waals surface area contributed by atoms with E-state index in [-0.39, 0.29) is 17.7 Å². The topological polar surface area (TPSA) is 80.0 Å². The van der Waals surface area contributed by atoms with Crippen LogP contribution in [0.4, 0.5) is 0 Å². The van der Waals surface area contributed by atoms with Crippen molar-refractivity contribution in [2.75, 3.05) is 20.2 Å². The van der Waals surface area contributed by atoms with Gasteiger partial charge in [0.2, 0.25) is 10.8 Å². The number of ether oxygens (including phenoxy) is 1. The number of ketones is 1. The predicted octanol–water partition coefficient (Wildman–Crippen LogP) is 2.57. The molecular weight excluding hydrogens is 352 g/mol. The molecule has 2 aromatic heterocycles. The fraction of sp³-hybridized carbons (Fsp3) is 0.389. The van der Waals surface area contributed by atoms with Gasteiger partial charge >= 0.3 is 0 Å². The van der Waals surface area contributed by atoms with Crippen LogP contribution in [0.1, 0.15) is 35.1 Å². The summed E-state index contributed by atoms with van der Waals surface area (Å²) in [5.74, 6) is 1.75. The fourth-order valence-electron chi connectivity index (χ4n) is 3.45. The number of carbonyl (C=O) groups is 1. The molecule has 0 bridgehead atoms. The number of aryl methyl sites for hydroxylation is 1. The lowest BCUT2D eigenvalue weighted by Gasteiger charge is -2.34. The number of para-hydroxylation sites is 1. The maximum Gasteiger partial charge on any atom is 0.230 e. The molecule has 136 valence electrons. The molecule has 4 rings (SSSR count). The molecule has 1 aliphatic rings. The van der Waals surface area contributed by atoms with E-state index in [0.29, 0.717) is 36.7 Å². The summed E-state index contributed by atoms with van der Waals surface area (Å²) >= 11 is 1.42. The normalized spacial score (nSPS) is 16.9. The minimum Gasteiger partial charge on any atom is -0.496 e. The largest absolute Gasteiger partial charge is 0.496 e. The van der Waals surface area contributed by atoms with Crippen molar-refractivity contribution in [3.05, 3.63) is 40.5 Å². The van der Waals surface area contributed by atoms with Crippen molar-refractivity contribution in [3.8, 4) is 11.6 Å². The minimum atomic E-state index is -0.215. The molecule has 3 aromatic rings. The van der Waals surface area contributed by atoms with Crippen molar-refractivity contribution in [1.82, 2.24) is 19.5 Å². The number of hydrogen-bond donors (Lipinski definition) is 1. The lowest BCUT2D eigenvalue weighted by atomic mass is 9.99. The van der Waals surface area contributed by atoms with Crippen molar-refractivity contribution in [2.45, 2.75) is 25.8 Å². The van der Waals surface area contributed by atoms with Crippen LogP contribution >= 0.6 is 11.3 Å². The Kier molecular flexibility index (Phi) is 4.37. The average Bonchev–Trinajstić information content (AvgIpc) is 3.15.